The van der Waals surface area contributed by atoms with E-state index < -0.39 is 0 Å². The average Bonchev–Trinajstić information content (AvgIpc) is 3.59. The predicted octanol–water partition coefficient (Wildman–Crippen LogP) is 2.64. The number of rotatable bonds is 5. The molecule has 1 atom stereocenters. The molecule has 2 heterocycles. The van der Waals surface area contributed by atoms with Crippen LogP contribution in [0.15, 0.2) is 42.5 Å². The van der Waals surface area contributed by atoms with Crippen LogP contribution in [0.4, 0.5) is 0 Å². The van der Waals surface area contributed by atoms with Crippen LogP contribution in [0.25, 0.3) is 0 Å². The second-order valence-corrected chi connectivity index (χ2v) is 8.44. The van der Waals surface area contributed by atoms with Crippen LogP contribution in [-0.2, 0) is 29.2 Å². The first-order valence-corrected chi connectivity index (χ1v) is 10.4. The van der Waals surface area contributed by atoms with Gasteiger partial charge in [0, 0.05) is 19.5 Å². The summed E-state index contributed by atoms with van der Waals surface area (Å²) in [5.74, 6) is 1.42. The highest BCUT2D eigenvalue weighted by Gasteiger charge is 2.43. The molecule has 6 nitrogen and oxygen atoms in total. The molecule has 152 valence electrons. The molecule has 0 radical (unpaired) electrons. The number of nitriles is 1. The van der Waals surface area contributed by atoms with Crippen molar-refractivity contribution in [3.8, 4) is 11.8 Å². The summed E-state index contributed by atoms with van der Waals surface area (Å²) in [4.78, 5) is 29.2. The molecule has 0 unspecified atom stereocenters. The van der Waals surface area contributed by atoms with E-state index in [9.17, 15) is 9.59 Å². The van der Waals surface area contributed by atoms with Crippen LogP contribution in [0.3, 0.4) is 0 Å². The van der Waals surface area contributed by atoms with Gasteiger partial charge in [-0.3, -0.25) is 9.59 Å². The zero-order valence-corrected chi connectivity index (χ0v) is 16.7. The summed E-state index contributed by atoms with van der Waals surface area (Å²) in [7, 11) is 0. The molecular formula is C24H23N3O3. The Labute approximate surface area is 175 Å². The zero-order valence-electron chi connectivity index (χ0n) is 16.7. The van der Waals surface area contributed by atoms with Crippen molar-refractivity contribution in [2.45, 2.75) is 38.5 Å². The minimum atomic E-state index is -0.377. The number of fused-ring (bicyclic) bond motifs is 2. The van der Waals surface area contributed by atoms with Crippen molar-refractivity contribution in [1.82, 2.24) is 9.80 Å². The zero-order chi connectivity index (χ0) is 20.7. The van der Waals surface area contributed by atoms with Crippen LogP contribution >= 0.6 is 0 Å². The Kier molecular flexibility index (Phi) is 4.66. The third-order valence-corrected chi connectivity index (χ3v) is 6.19. The van der Waals surface area contributed by atoms with Gasteiger partial charge in [0.2, 0.25) is 11.8 Å². The standard InChI is InChI=1S/C24H23N3O3/c25-11-17-2-1-3-18(8-17)15-30-21-7-6-19-10-22-24(29)26(12-16-4-5-16)14-23(28)27(22)13-20(19)9-21/h1-3,6-9,16,22H,4-5,10,12-15H2/t22-/m1/s1. The summed E-state index contributed by atoms with van der Waals surface area (Å²) in [5, 5.41) is 9.03. The Hall–Kier alpha value is -3.33. The lowest BCUT2D eigenvalue weighted by Gasteiger charge is -2.43. The van der Waals surface area contributed by atoms with E-state index in [4.69, 9.17) is 10.00 Å². The van der Waals surface area contributed by atoms with E-state index >= 15 is 0 Å². The van der Waals surface area contributed by atoms with Crippen molar-refractivity contribution in [3.05, 3.63) is 64.7 Å². The molecule has 0 aromatic heterocycles. The summed E-state index contributed by atoms with van der Waals surface area (Å²) < 4.78 is 5.92. The highest BCUT2D eigenvalue weighted by atomic mass is 16.5. The van der Waals surface area contributed by atoms with Gasteiger partial charge in [0.25, 0.3) is 0 Å². The number of piperazine rings is 1. The highest BCUT2D eigenvalue weighted by molar-refractivity contribution is 5.95. The van der Waals surface area contributed by atoms with E-state index in [0.29, 0.717) is 31.1 Å². The van der Waals surface area contributed by atoms with E-state index in [0.717, 1.165) is 29.0 Å². The maximum Gasteiger partial charge on any atom is 0.246 e. The topological polar surface area (TPSA) is 73.6 Å². The quantitative estimate of drug-likeness (QED) is 0.772. The molecule has 30 heavy (non-hydrogen) atoms. The molecule has 2 aromatic carbocycles. The summed E-state index contributed by atoms with van der Waals surface area (Å²) in [6.45, 7) is 1.74. The monoisotopic (exact) mass is 401 g/mol. The van der Waals surface area contributed by atoms with Crippen molar-refractivity contribution >= 4 is 11.8 Å². The molecule has 2 aliphatic heterocycles. The Bertz CT molecular complexity index is 1050. The molecule has 0 bridgehead atoms. The van der Waals surface area contributed by atoms with E-state index in [1.165, 1.54) is 12.8 Å². The SMILES string of the molecule is N#Cc1cccc(COc2ccc3c(c2)CN2C(=O)CN(CC4CC4)C(=O)[C@H]2C3)c1. The number of carbonyl (C=O) groups excluding carboxylic acids is 2. The number of benzene rings is 2. The van der Waals surface area contributed by atoms with E-state index in [1.807, 2.05) is 36.4 Å². The molecule has 0 N–H and O–H groups in total. The van der Waals surface area contributed by atoms with Crippen LogP contribution in [0.5, 0.6) is 5.75 Å². The summed E-state index contributed by atoms with van der Waals surface area (Å²) >= 11 is 0. The van der Waals surface area contributed by atoms with Gasteiger partial charge in [0.05, 0.1) is 18.2 Å². The molecule has 2 amide bonds. The number of hydrogen-bond acceptors (Lipinski definition) is 4. The fourth-order valence-electron chi connectivity index (χ4n) is 4.34. The minimum Gasteiger partial charge on any atom is -0.489 e. The smallest absolute Gasteiger partial charge is 0.246 e. The predicted molar refractivity (Wildman–Crippen MR) is 109 cm³/mol. The molecule has 6 heteroatoms. The first kappa shape index (κ1) is 18.7. The Balaban J connectivity index is 1.30. The molecule has 2 aromatic rings. The van der Waals surface area contributed by atoms with Crippen LogP contribution in [0.2, 0.25) is 0 Å². The Morgan fingerprint density at radius 1 is 1.07 bits per heavy atom. The van der Waals surface area contributed by atoms with E-state index in [-0.39, 0.29) is 24.4 Å². The molecular weight excluding hydrogens is 378 g/mol. The average molecular weight is 401 g/mol. The summed E-state index contributed by atoms with van der Waals surface area (Å²) in [5.41, 5.74) is 3.67. The van der Waals surface area contributed by atoms with E-state index in [2.05, 4.69) is 6.07 Å². The first-order valence-electron chi connectivity index (χ1n) is 10.4. The first-order chi connectivity index (χ1) is 14.6. The Morgan fingerprint density at radius 2 is 1.93 bits per heavy atom. The lowest BCUT2D eigenvalue weighted by molar-refractivity contribution is -0.157. The number of hydrogen-bond donors (Lipinski definition) is 0. The van der Waals surface area contributed by atoms with Gasteiger partial charge in [-0.25, -0.2) is 0 Å². The summed E-state index contributed by atoms with van der Waals surface area (Å²) in [6.07, 6.45) is 2.89. The fourth-order valence-corrected chi connectivity index (χ4v) is 4.34. The van der Waals surface area contributed by atoms with Crippen LogP contribution in [0, 0.1) is 17.2 Å². The lowest BCUT2D eigenvalue weighted by atomic mass is 9.91. The highest BCUT2D eigenvalue weighted by Crippen LogP contribution is 2.33. The van der Waals surface area contributed by atoms with Gasteiger partial charge in [-0.2, -0.15) is 5.26 Å². The number of nitrogens with zero attached hydrogens (tertiary/aromatic N) is 3. The van der Waals surface area contributed by atoms with Gasteiger partial charge >= 0.3 is 0 Å². The molecule has 1 aliphatic carbocycles. The van der Waals surface area contributed by atoms with Gasteiger partial charge in [0.1, 0.15) is 18.4 Å². The van der Waals surface area contributed by atoms with Gasteiger partial charge in [-0.15, -0.1) is 0 Å². The molecule has 1 saturated carbocycles. The van der Waals surface area contributed by atoms with Gasteiger partial charge in [-0.1, -0.05) is 18.2 Å². The molecule has 3 aliphatic rings. The number of carbonyl (C=O) groups is 2. The van der Waals surface area contributed by atoms with Crippen molar-refractivity contribution in [2.24, 2.45) is 5.92 Å². The second-order valence-electron chi connectivity index (χ2n) is 8.44. The van der Waals surface area contributed by atoms with Gasteiger partial charge in [0.15, 0.2) is 0 Å². The fraction of sp³-hybridized carbons (Fsp3) is 0.375. The van der Waals surface area contributed by atoms with Crippen LogP contribution in [-0.4, -0.2) is 40.7 Å². The minimum absolute atomic E-state index is 0.0329. The molecule has 5 rings (SSSR count). The molecule has 0 spiro atoms. The maximum atomic E-state index is 12.9. The molecule has 1 saturated heterocycles. The van der Waals surface area contributed by atoms with Crippen molar-refractivity contribution in [2.75, 3.05) is 13.1 Å². The van der Waals surface area contributed by atoms with Crippen molar-refractivity contribution in [1.29, 1.82) is 5.26 Å². The number of ether oxygens (including phenoxy) is 1. The third kappa shape index (κ3) is 3.63. The molecule has 2 fully saturated rings. The summed E-state index contributed by atoms with van der Waals surface area (Å²) in [6, 6.07) is 15.0. The van der Waals surface area contributed by atoms with Gasteiger partial charge in [-0.05, 0) is 59.7 Å². The van der Waals surface area contributed by atoms with Crippen molar-refractivity contribution < 1.29 is 14.3 Å². The van der Waals surface area contributed by atoms with Crippen LogP contribution in [0.1, 0.15) is 35.1 Å². The Morgan fingerprint density at radius 3 is 2.73 bits per heavy atom. The normalized spacial score (nSPS) is 20.4. The van der Waals surface area contributed by atoms with E-state index in [1.54, 1.807) is 15.9 Å². The largest absolute Gasteiger partial charge is 0.489 e. The lowest BCUT2D eigenvalue weighted by Crippen LogP contribution is -2.61. The van der Waals surface area contributed by atoms with Crippen molar-refractivity contribution in [3.63, 3.8) is 0 Å². The second kappa shape index (κ2) is 7.49. The number of amides is 2. The van der Waals surface area contributed by atoms with Gasteiger partial charge < -0.3 is 14.5 Å². The maximum absolute atomic E-state index is 12.9. The van der Waals surface area contributed by atoms with Crippen LogP contribution < -0.4 is 4.74 Å². The third-order valence-electron chi connectivity index (χ3n) is 6.19.